The third-order valence-corrected chi connectivity index (χ3v) is 2.75. The van der Waals surface area contributed by atoms with Crippen LogP contribution >= 0.6 is 11.8 Å². The molecule has 1 amide bonds. The zero-order valence-corrected chi connectivity index (χ0v) is 9.05. The van der Waals surface area contributed by atoms with Gasteiger partial charge in [-0.2, -0.15) is 11.8 Å². The maximum Gasteiger partial charge on any atom is 0.323 e. The lowest BCUT2D eigenvalue weighted by molar-refractivity contribution is -0.144. The van der Waals surface area contributed by atoms with Crippen LogP contribution in [0, 0.1) is 0 Å². The molecule has 14 heavy (non-hydrogen) atoms. The van der Waals surface area contributed by atoms with E-state index in [0.29, 0.717) is 6.42 Å². The average molecular weight is 217 g/mol. The van der Waals surface area contributed by atoms with Gasteiger partial charge in [-0.05, 0) is 19.1 Å². The molecule has 4 nitrogen and oxygen atoms in total. The zero-order valence-electron chi connectivity index (χ0n) is 8.23. The van der Waals surface area contributed by atoms with Crippen LogP contribution in [0.4, 0.5) is 0 Å². The number of carboxylic acids is 1. The lowest BCUT2D eigenvalue weighted by Crippen LogP contribution is -2.37. The van der Waals surface area contributed by atoms with Crippen molar-refractivity contribution in [1.29, 1.82) is 0 Å². The van der Waals surface area contributed by atoms with Gasteiger partial charge in [-0.15, -0.1) is 0 Å². The number of thioether (sulfide) groups is 1. The monoisotopic (exact) mass is 217 g/mol. The Balaban J connectivity index is 2.40. The van der Waals surface area contributed by atoms with Gasteiger partial charge in [0.1, 0.15) is 6.54 Å². The number of aliphatic carboxylic acids is 1. The normalized spacial score (nSPS) is 15.2. The molecular formula is C9H15NO3S. The van der Waals surface area contributed by atoms with E-state index in [2.05, 4.69) is 0 Å². The Hall–Kier alpha value is -0.710. The van der Waals surface area contributed by atoms with Crippen molar-refractivity contribution >= 4 is 23.6 Å². The SMILES string of the molecule is CSCCC(=O)N(CC(=O)O)C1CC1. The van der Waals surface area contributed by atoms with Gasteiger partial charge < -0.3 is 10.0 Å². The molecule has 0 bridgehead atoms. The van der Waals surface area contributed by atoms with Crippen LogP contribution in [0.5, 0.6) is 0 Å². The molecule has 1 N–H and O–H groups in total. The highest BCUT2D eigenvalue weighted by molar-refractivity contribution is 7.98. The fourth-order valence-electron chi connectivity index (χ4n) is 1.29. The van der Waals surface area contributed by atoms with Gasteiger partial charge in [0, 0.05) is 18.2 Å². The van der Waals surface area contributed by atoms with Crippen molar-refractivity contribution in [2.45, 2.75) is 25.3 Å². The Morgan fingerprint density at radius 1 is 1.50 bits per heavy atom. The number of amides is 1. The number of carbonyl (C=O) groups excluding carboxylic acids is 1. The Kier molecular flexibility index (Phi) is 4.25. The van der Waals surface area contributed by atoms with Gasteiger partial charge >= 0.3 is 5.97 Å². The van der Waals surface area contributed by atoms with E-state index in [4.69, 9.17) is 5.11 Å². The summed E-state index contributed by atoms with van der Waals surface area (Å²) in [7, 11) is 0. The van der Waals surface area contributed by atoms with E-state index in [1.165, 1.54) is 4.90 Å². The van der Waals surface area contributed by atoms with Gasteiger partial charge in [0.25, 0.3) is 0 Å². The second-order valence-corrected chi connectivity index (χ2v) is 4.37. The van der Waals surface area contributed by atoms with Crippen molar-refractivity contribution in [1.82, 2.24) is 4.90 Å². The number of rotatable bonds is 6. The van der Waals surface area contributed by atoms with Crippen LogP contribution in [0.2, 0.25) is 0 Å². The smallest absolute Gasteiger partial charge is 0.323 e. The Labute approximate surface area is 87.7 Å². The number of hydrogen-bond donors (Lipinski definition) is 1. The van der Waals surface area contributed by atoms with E-state index >= 15 is 0 Å². The van der Waals surface area contributed by atoms with Crippen LogP contribution in [-0.2, 0) is 9.59 Å². The summed E-state index contributed by atoms with van der Waals surface area (Å²) in [5.74, 6) is -0.180. The lowest BCUT2D eigenvalue weighted by Gasteiger charge is -2.19. The summed E-state index contributed by atoms with van der Waals surface area (Å²) in [6.45, 7) is -0.141. The lowest BCUT2D eigenvalue weighted by atomic mass is 10.3. The van der Waals surface area contributed by atoms with E-state index < -0.39 is 5.97 Å². The summed E-state index contributed by atoms with van der Waals surface area (Å²) in [5.41, 5.74) is 0. The van der Waals surface area contributed by atoms with E-state index in [-0.39, 0.29) is 18.5 Å². The van der Waals surface area contributed by atoms with Crippen molar-refractivity contribution < 1.29 is 14.7 Å². The zero-order chi connectivity index (χ0) is 10.6. The van der Waals surface area contributed by atoms with Gasteiger partial charge in [0.05, 0.1) is 0 Å². The quantitative estimate of drug-likeness (QED) is 0.715. The molecule has 1 aliphatic rings. The van der Waals surface area contributed by atoms with Crippen molar-refractivity contribution in [3.63, 3.8) is 0 Å². The van der Waals surface area contributed by atoms with Gasteiger partial charge in [0.2, 0.25) is 5.91 Å². The molecule has 0 atom stereocenters. The van der Waals surface area contributed by atoms with Crippen LogP contribution in [0.25, 0.3) is 0 Å². The number of carbonyl (C=O) groups is 2. The topological polar surface area (TPSA) is 57.6 Å². The molecule has 1 rings (SSSR count). The van der Waals surface area contributed by atoms with E-state index in [0.717, 1.165) is 18.6 Å². The van der Waals surface area contributed by atoms with Crippen LogP contribution < -0.4 is 0 Å². The summed E-state index contributed by atoms with van der Waals surface area (Å²) >= 11 is 1.60. The molecule has 0 radical (unpaired) electrons. The molecule has 0 aromatic rings. The summed E-state index contributed by atoms with van der Waals surface area (Å²) < 4.78 is 0. The van der Waals surface area contributed by atoms with Crippen molar-refractivity contribution in [2.24, 2.45) is 0 Å². The molecule has 1 saturated carbocycles. The predicted octanol–water partition coefficient (Wildman–Crippen LogP) is 0.815. The van der Waals surface area contributed by atoms with Gasteiger partial charge in [0.15, 0.2) is 0 Å². The first kappa shape index (κ1) is 11.4. The average Bonchev–Trinajstić information content (AvgIpc) is 2.93. The summed E-state index contributed by atoms with van der Waals surface area (Å²) in [6, 6.07) is 0.195. The fraction of sp³-hybridized carbons (Fsp3) is 0.778. The summed E-state index contributed by atoms with van der Waals surface area (Å²) in [4.78, 5) is 23.6. The highest BCUT2D eigenvalue weighted by Gasteiger charge is 2.33. The fourth-order valence-corrected chi connectivity index (χ4v) is 1.66. The first-order valence-electron chi connectivity index (χ1n) is 4.65. The number of carboxylic acid groups (broad SMARTS) is 1. The second-order valence-electron chi connectivity index (χ2n) is 3.39. The van der Waals surface area contributed by atoms with E-state index in [9.17, 15) is 9.59 Å². The molecule has 0 aromatic heterocycles. The second kappa shape index (κ2) is 5.24. The van der Waals surface area contributed by atoms with Crippen molar-refractivity contribution in [2.75, 3.05) is 18.6 Å². The van der Waals surface area contributed by atoms with E-state index in [1.54, 1.807) is 11.8 Å². The minimum Gasteiger partial charge on any atom is -0.480 e. The maximum atomic E-state index is 11.6. The van der Waals surface area contributed by atoms with E-state index in [1.807, 2.05) is 6.26 Å². The molecular weight excluding hydrogens is 202 g/mol. The standard InChI is InChI=1S/C9H15NO3S/c1-14-5-4-8(11)10(6-9(12)13)7-2-3-7/h7H,2-6H2,1H3,(H,12,13). The molecule has 0 aromatic carbocycles. The largest absolute Gasteiger partial charge is 0.480 e. The molecule has 0 saturated heterocycles. The van der Waals surface area contributed by atoms with Crippen LogP contribution in [0.15, 0.2) is 0 Å². The Morgan fingerprint density at radius 3 is 2.57 bits per heavy atom. The number of nitrogens with zero attached hydrogens (tertiary/aromatic N) is 1. The van der Waals surface area contributed by atoms with Crippen LogP contribution in [0.3, 0.4) is 0 Å². The van der Waals surface area contributed by atoms with Gasteiger partial charge in [-0.3, -0.25) is 9.59 Å². The molecule has 0 aliphatic heterocycles. The summed E-state index contributed by atoms with van der Waals surface area (Å²) in [5, 5.41) is 8.64. The Bertz CT molecular complexity index is 228. The first-order valence-corrected chi connectivity index (χ1v) is 6.04. The first-order chi connectivity index (χ1) is 6.65. The molecule has 5 heteroatoms. The van der Waals surface area contributed by atoms with Gasteiger partial charge in [-0.25, -0.2) is 0 Å². The molecule has 1 aliphatic carbocycles. The van der Waals surface area contributed by atoms with Crippen molar-refractivity contribution in [3.05, 3.63) is 0 Å². The third kappa shape index (κ3) is 3.57. The highest BCUT2D eigenvalue weighted by atomic mass is 32.2. The van der Waals surface area contributed by atoms with Crippen LogP contribution in [-0.4, -0.2) is 46.5 Å². The minimum absolute atomic E-state index is 0.0238. The number of hydrogen-bond acceptors (Lipinski definition) is 3. The van der Waals surface area contributed by atoms with Gasteiger partial charge in [-0.1, -0.05) is 0 Å². The summed E-state index contributed by atoms with van der Waals surface area (Å²) in [6.07, 6.45) is 4.30. The molecule has 80 valence electrons. The predicted molar refractivity (Wildman–Crippen MR) is 55.4 cm³/mol. The third-order valence-electron chi connectivity index (χ3n) is 2.13. The maximum absolute atomic E-state index is 11.6. The molecule has 1 fully saturated rings. The minimum atomic E-state index is -0.922. The van der Waals surface area contributed by atoms with Crippen LogP contribution in [0.1, 0.15) is 19.3 Å². The Morgan fingerprint density at radius 2 is 2.14 bits per heavy atom. The molecule has 0 heterocycles. The highest BCUT2D eigenvalue weighted by Crippen LogP contribution is 2.27. The van der Waals surface area contributed by atoms with Crippen molar-refractivity contribution in [3.8, 4) is 0 Å². The molecule has 0 spiro atoms. The molecule has 0 unspecified atom stereocenters.